The Bertz CT molecular complexity index is 591. The molecule has 0 aliphatic heterocycles. The van der Waals surface area contributed by atoms with E-state index in [-0.39, 0.29) is 36.7 Å². The highest BCUT2D eigenvalue weighted by molar-refractivity contribution is 5.93. The molecule has 3 rings (SSSR count). The van der Waals surface area contributed by atoms with E-state index in [2.05, 4.69) is 5.32 Å². The Morgan fingerprint density at radius 3 is 2.58 bits per heavy atom. The second-order valence-electron chi connectivity index (χ2n) is 6.74. The number of fused-ring (bicyclic) bond motifs is 2. The Hall–Kier alpha value is -1.27. The Morgan fingerprint density at radius 2 is 1.96 bits per heavy atom. The molecule has 7 heteroatoms. The SMILES string of the molecule is Cl.NC1C2CCC(C2)C1C(=O)Nc1cccc(CCC(F)(F)F)c1. The van der Waals surface area contributed by atoms with Crippen molar-refractivity contribution < 1.29 is 18.0 Å². The van der Waals surface area contributed by atoms with Crippen molar-refractivity contribution >= 4 is 24.0 Å². The fraction of sp³-hybridized carbons (Fsp3) is 0.588. The van der Waals surface area contributed by atoms with E-state index in [1.807, 2.05) is 0 Å². The molecule has 0 radical (unpaired) electrons. The van der Waals surface area contributed by atoms with Gasteiger partial charge in [-0.15, -0.1) is 12.4 Å². The van der Waals surface area contributed by atoms with E-state index in [4.69, 9.17) is 5.73 Å². The van der Waals surface area contributed by atoms with Gasteiger partial charge in [0, 0.05) is 18.2 Å². The molecule has 1 aromatic carbocycles. The summed E-state index contributed by atoms with van der Waals surface area (Å²) < 4.78 is 36.9. The van der Waals surface area contributed by atoms with Gasteiger partial charge in [-0.05, 0) is 55.2 Å². The smallest absolute Gasteiger partial charge is 0.327 e. The summed E-state index contributed by atoms with van der Waals surface area (Å²) in [5.74, 6) is 0.516. The summed E-state index contributed by atoms with van der Waals surface area (Å²) in [6.45, 7) is 0. The number of nitrogens with two attached hydrogens (primary N) is 1. The zero-order valence-electron chi connectivity index (χ0n) is 13.2. The van der Waals surface area contributed by atoms with E-state index >= 15 is 0 Å². The number of hydrogen-bond acceptors (Lipinski definition) is 2. The number of aryl methyl sites for hydroxylation is 1. The number of nitrogens with one attached hydrogen (secondary N) is 1. The number of benzene rings is 1. The zero-order chi connectivity index (χ0) is 16.6. The van der Waals surface area contributed by atoms with Gasteiger partial charge >= 0.3 is 6.18 Å². The van der Waals surface area contributed by atoms with Gasteiger partial charge in [-0.3, -0.25) is 4.79 Å². The molecule has 3 nitrogen and oxygen atoms in total. The average Bonchev–Trinajstić information content (AvgIpc) is 3.05. The molecule has 2 aliphatic carbocycles. The molecule has 4 atom stereocenters. The molecule has 0 spiro atoms. The van der Waals surface area contributed by atoms with E-state index in [1.54, 1.807) is 24.3 Å². The lowest BCUT2D eigenvalue weighted by Gasteiger charge is -2.27. The molecule has 134 valence electrons. The molecule has 2 aliphatic rings. The molecular weight excluding hydrogens is 341 g/mol. The van der Waals surface area contributed by atoms with Crippen molar-refractivity contribution in [2.75, 3.05) is 5.32 Å². The Kier molecular flexibility index (Phi) is 5.81. The number of rotatable bonds is 4. The standard InChI is InChI=1S/C17H21F3N2O.ClH/c18-17(19,20)7-6-10-2-1-3-13(8-10)22-16(23)14-11-4-5-12(9-11)15(14)21;/h1-3,8,11-12,14-15H,4-7,9,21H2,(H,22,23);1H. The van der Waals surface area contributed by atoms with Crippen LogP contribution in [0.1, 0.15) is 31.2 Å². The fourth-order valence-electron chi connectivity index (χ4n) is 4.04. The van der Waals surface area contributed by atoms with Crippen LogP contribution in [0.4, 0.5) is 18.9 Å². The minimum Gasteiger partial charge on any atom is -0.327 e. The summed E-state index contributed by atoms with van der Waals surface area (Å²) in [5, 5.41) is 2.84. The Labute approximate surface area is 145 Å². The van der Waals surface area contributed by atoms with Crippen LogP contribution in [0.15, 0.2) is 24.3 Å². The van der Waals surface area contributed by atoms with Crippen LogP contribution in [0.5, 0.6) is 0 Å². The van der Waals surface area contributed by atoms with E-state index in [1.165, 1.54) is 0 Å². The summed E-state index contributed by atoms with van der Waals surface area (Å²) in [5.41, 5.74) is 7.27. The molecule has 2 saturated carbocycles. The lowest BCUT2D eigenvalue weighted by molar-refractivity contribution is -0.134. The highest BCUT2D eigenvalue weighted by Gasteiger charge is 2.49. The summed E-state index contributed by atoms with van der Waals surface area (Å²) in [4.78, 5) is 12.5. The molecule has 2 fully saturated rings. The number of carbonyl (C=O) groups is 1. The monoisotopic (exact) mass is 362 g/mol. The number of anilines is 1. The van der Waals surface area contributed by atoms with Gasteiger partial charge in [-0.25, -0.2) is 0 Å². The minimum absolute atomic E-state index is 0. The molecule has 3 N–H and O–H groups in total. The molecule has 4 unspecified atom stereocenters. The van der Waals surface area contributed by atoms with Crippen LogP contribution in [0.25, 0.3) is 0 Å². The zero-order valence-corrected chi connectivity index (χ0v) is 14.0. The first-order valence-corrected chi connectivity index (χ1v) is 8.05. The molecule has 1 amide bonds. The third-order valence-corrected chi connectivity index (χ3v) is 5.18. The van der Waals surface area contributed by atoms with Crippen molar-refractivity contribution in [3.63, 3.8) is 0 Å². The van der Waals surface area contributed by atoms with Crippen molar-refractivity contribution in [2.45, 2.75) is 44.3 Å². The number of hydrogen-bond donors (Lipinski definition) is 2. The third kappa shape index (κ3) is 4.22. The topological polar surface area (TPSA) is 55.1 Å². The van der Waals surface area contributed by atoms with Crippen LogP contribution >= 0.6 is 12.4 Å². The van der Waals surface area contributed by atoms with Crippen molar-refractivity contribution in [1.82, 2.24) is 0 Å². The molecule has 0 aromatic heterocycles. The van der Waals surface area contributed by atoms with Crippen molar-refractivity contribution in [3.8, 4) is 0 Å². The first-order chi connectivity index (χ1) is 10.8. The normalized spacial score (nSPS) is 28.5. The van der Waals surface area contributed by atoms with E-state index < -0.39 is 12.6 Å². The first-order valence-electron chi connectivity index (χ1n) is 8.05. The second-order valence-corrected chi connectivity index (χ2v) is 6.74. The van der Waals surface area contributed by atoms with Crippen LogP contribution < -0.4 is 11.1 Å². The van der Waals surface area contributed by atoms with Gasteiger partial charge in [0.25, 0.3) is 0 Å². The first kappa shape index (κ1) is 19.1. The summed E-state index contributed by atoms with van der Waals surface area (Å²) in [7, 11) is 0. The predicted molar refractivity (Wildman–Crippen MR) is 89.0 cm³/mol. The number of amides is 1. The van der Waals surface area contributed by atoms with E-state index in [9.17, 15) is 18.0 Å². The molecule has 0 saturated heterocycles. The third-order valence-electron chi connectivity index (χ3n) is 5.18. The quantitative estimate of drug-likeness (QED) is 0.853. The maximum absolute atomic E-state index is 12.5. The fourth-order valence-corrected chi connectivity index (χ4v) is 4.04. The Morgan fingerprint density at radius 1 is 1.25 bits per heavy atom. The van der Waals surface area contributed by atoms with Crippen molar-refractivity contribution in [2.24, 2.45) is 23.5 Å². The molecular formula is C17H22ClF3N2O. The van der Waals surface area contributed by atoms with E-state index in [0.29, 0.717) is 23.1 Å². The van der Waals surface area contributed by atoms with Gasteiger partial charge in [0.05, 0.1) is 5.92 Å². The average molecular weight is 363 g/mol. The molecule has 2 bridgehead atoms. The second kappa shape index (κ2) is 7.31. The minimum atomic E-state index is -4.17. The lowest BCUT2D eigenvalue weighted by atomic mass is 9.84. The number of alkyl halides is 3. The van der Waals surface area contributed by atoms with Gasteiger partial charge in [-0.2, -0.15) is 13.2 Å². The van der Waals surface area contributed by atoms with Crippen molar-refractivity contribution in [1.29, 1.82) is 0 Å². The maximum Gasteiger partial charge on any atom is 0.389 e. The number of halogens is 4. The molecule has 1 aromatic rings. The summed E-state index contributed by atoms with van der Waals surface area (Å²) >= 11 is 0. The van der Waals surface area contributed by atoms with Gasteiger partial charge < -0.3 is 11.1 Å². The predicted octanol–water partition coefficient (Wildman–Crippen LogP) is 3.92. The van der Waals surface area contributed by atoms with Gasteiger partial charge in [0.15, 0.2) is 0 Å². The maximum atomic E-state index is 12.5. The van der Waals surface area contributed by atoms with Crippen molar-refractivity contribution in [3.05, 3.63) is 29.8 Å². The summed E-state index contributed by atoms with van der Waals surface area (Å²) in [6.07, 6.45) is -1.95. The van der Waals surface area contributed by atoms with Gasteiger partial charge in [0.1, 0.15) is 0 Å². The van der Waals surface area contributed by atoms with Crippen LogP contribution in [-0.2, 0) is 11.2 Å². The highest BCUT2D eigenvalue weighted by Crippen LogP contribution is 2.47. The largest absolute Gasteiger partial charge is 0.389 e. The number of carbonyl (C=O) groups excluding carboxylic acids is 1. The van der Waals surface area contributed by atoms with Crippen LogP contribution in [0, 0.1) is 17.8 Å². The molecule has 0 heterocycles. The van der Waals surface area contributed by atoms with E-state index in [0.717, 1.165) is 19.3 Å². The lowest BCUT2D eigenvalue weighted by Crippen LogP contribution is -2.42. The highest BCUT2D eigenvalue weighted by atomic mass is 35.5. The van der Waals surface area contributed by atoms with Crippen LogP contribution in [0.2, 0.25) is 0 Å². The summed E-state index contributed by atoms with van der Waals surface area (Å²) in [6, 6.07) is 6.53. The van der Waals surface area contributed by atoms with Gasteiger partial charge in [-0.1, -0.05) is 12.1 Å². The van der Waals surface area contributed by atoms with Gasteiger partial charge in [0.2, 0.25) is 5.91 Å². The molecule has 24 heavy (non-hydrogen) atoms. The Balaban J connectivity index is 0.00000208. The van der Waals surface area contributed by atoms with Crippen LogP contribution in [0.3, 0.4) is 0 Å². The van der Waals surface area contributed by atoms with Crippen LogP contribution in [-0.4, -0.2) is 18.1 Å².